The second kappa shape index (κ2) is 6.93. The average molecular weight is 281 g/mol. The molecule has 0 radical (unpaired) electrons. The Bertz CT molecular complexity index is 256. The first kappa shape index (κ1) is 16.8. The van der Waals surface area contributed by atoms with Crippen molar-refractivity contribution in [2.24, 2.45) is 11.3 Å². The zero-order chi connectivity index (χ0) is 14.5. The van der Waals surface area contributed by atoms with Gasteiger partial charge in [0.2, 0.25) is 0 Å². The number of halogens is 3. The summed E-state index contributed by atoms with van der Waals surface area (Å²) in [5, 5.41) is 3.51. The van der Waals surface area contributed by atoms with Gasteiger partial charge < -0.3 is 10.1 Å². The summed E-state index contributed by atoms with van der Waals surface area (Å²) >= 11 is 0. The molecule has 0 spiro atoms. The van der Waals surface area contributed by atoms with Gasteiger partial charge in [-0.25, -0.2) is 0 Å². The van der Waals surface area contributed by atoms with Crippen molar-refractivity contribution in [1.29, 1.82) is 0 Å². The molecule has 0 heterocycles. The first-order valence-corrected chi connectivity index (χ1v) is 7.06. The smallest absolute Gasteiger partial charge is 0.372 e. The van der Waals surface area contributed by atoms with E-state index in [-0.39, 0.29) is 12.0 Å². The average Bonchev–Trinajstić information content (AvgIpc) is 3.02. The number of nitrogens with one attached hydrogen (secondary N) is 1. The molecule has 0 aromatic rings. The van der Waals surface area contributed by atoms with Crippen LogP contribution in [0.5, 0.6) is 0 Å². The first-order chi connectivity index (χ1) is 8.68. The van der Waals surface area contributed by atoms with Gasteiger partial charge in [0, 0.05) is 12.6 Å². The lowest BCUT2D eigenvalue weighted by Gasteiger charge is -2.31. The number of alkyl halides is 3. The molecular formula is C14H26F3NO. The molecule has 1 rings (SSSR count). The molecule has 0 amide bonds. The van der Waals surface area contributed by atoms with Crippen molar-refractivity contribution in [2.45, 2.75) is 58.7 Å². The minimum atomic E-state index is -4.21. The van der Waals surface area contributed by atoms with Crippen LogP contribution in [-0.2, 0) is 4.74 Å². The molecule has 0 saturated heterocycles. The van der Waals surface area contributed by atoms with E-state index in [4.69, 9.17) is 0 Å². The summed E-state index contributed by atoms with van der Waals surface area (Å²) in [7, 11) is 0. The normalized spacial score (nSPS) is 18.6. The lowest BCUT2D eigenvalue weighted by Crippen LogP contribution is -2.33. The van der Waals surface area contributed by atoms with Crippen molar-refractivity contribution in [2.75, 3.05) is 19.8 Å². The Morgan fingerprint density at radius 1 is 1.21 bits per heavy atom. The van der Waals surface area contributed by atoms with Gasteiger partial charge in [0.1, 0.15) is 6.61 Å². The molecule has 1 aliphatic carbocycles. The highest BCUT2D eigenvalue weighted by atomic mass is 19.4. The van der Waals surface area contributed by atoms with Crippen LogP contribution >= 0.6 is 0 Å². The molecule has 0 aliphatic heterocycles. The van der Waals surface area contributed by atoms with Gasteiger partial charge in [0.15, 0.2) is 0 Å². The molecule has 1 unspecified atom stereocenters. The van der Waals surface area contributed by atoms with E-state index in [0.29, 0.717) is 18.4 Å². The van der Waals surface area contributed by atoms with E-state index in [1.807, 2.05) is 0 Å². The van der Waals surface area contributed by atoms with E-state index in [0.717, 1.165) is 13.0 Å². The molecule has 114 valence electrons. The predicted octanol–water partition coefficient (Wildman–Crippen LogP) is 3.76. The summed E-state index contributed by atoms with van der Waals surface area (Å²) in [6.07, 6.45) is -0.112. The SMILES string of the molecule is CC(C)(C)C(CCCOCC(F)(F)F)CNC1CC1. The molecule has 5 heteroatoms. The van der Waals surface area contributed by atoms with Crippen molar-refractivity contribution in [3.05, 3.63) is 0 Å². The monoisotopic (exact) mass is 281 g/mol. The Labute approximate surface area is 114 Å². The van der Waals surface area contributed by atoms with Crippen LogP contribution in [0.15, 0.2) is 0 Å². The third-order valence-corrected chi connectivity index (χ3v) is 3.56. The maximum absolute atomic E-state index is 11.9. The Kier molecular flexibility index (Phi) is 6.12. The highest BCUT2D eigenvalue weighted by Crippen LogP contribution is 2.30. The van der Waals surface area contributed by atoms with Crippen LogP contribution in [0.4, 0.5) is 13.2 Å². The van der Waals surface area contributed by atoms with Crippen LogP contribution in [0, 0.1) is 11.3 Å². The predicted molar refractivity (Wildman–Crippen MR) is 70.1 cm³/mol. The Morgan fingerprint density at radius 2 is 1.84 bits per heavy atom. The largest absolute Gasteiger partial charge is 0.411 e. The van der Waals surface area contributed by atoms with E-state index in [1.54, 1.807) is 0 Å². The molecule has 1 saturated carbocycles. The van der Waals surface area contributed by atoms with Crippen molar-refractivity contribution in [3.8, 4) is 0 Å². The lowest BCUT2D eigenvalue weighted by atomic mass is 9.78. The van der Waals surface area contributed by atoms with Crippen LogP contribution in [0.1, 0.15) is 46.5 Å². The second-order valence-corrected chi connectivity index (χ2v) is 6.56. The van der Waals surface area contributed by atoms with Crippen molar-refractivity contribution < 1.29 is 17.9 Å². The minimum absolute atomic E-state index is 0.173. The second-order valence-electron chi connectivity index (χ2n) is 6.56. The van der Waals surface area contributed by atoms with Crippen LogP contribution in [0.3, 0.4) is 0 Å². The van der Waals surface area contributed by atoms with E-state index >= 15 is 0 Å². The van der Waals surface area contributed by atoms with E-state index in [2.05, 4.69) is 30.8 Å². The van der Waals surface area contributed by atoms with Crippen molar-refractivity contribution in [3.63, 3.8) is 0 Å². The first-order valence-electron chi connectivity index (χ1n) is 7.06. The Morgan fingerprint density at radius 3 is 2.32 bits per heavy atom. The molecule has 1 atom stereocenters. The van der Waals surface area contributed by atoms with E-state index in [9.17, 15) is 13.2 Å². The number of ether oxygens (including phenoxy) is 1. The standard InChI is InChI=1S/C14H26F3NO/c1-13(2,3)11(9-18-12-6-7-12)5-4-8-19-10-14(15,16)17/h11-12,18H,4-10H2,1-3H3. The molecule has 0 aromatic heterocycles. The zero-order valence-electron chi connectivity index (χ0n) is 12.1. The summed E-state index contributed by atoms with van der Waals surface area (Å²) < 4.78 is 40.4. The van der Waals surface area contributed by atoms with Crippen LogP contribution < -0.4 is 5.32 Å². The third-order valence-electron chi connectivity index (χ3n) is 3.56. The zero-order valence-corrected chi connectivity index (χ0v) is 12.1. The maximum atomic E-state index is 11.9. The summed E-state index contributed by atoms with van der Waals surface area (Å²) in [6, 6.07) is 0.673. The van der Waals surface area contributed by atoms with Gasteiger partial charge in [-0.05, 0) is 43.6 Å². The van der Waals surface area contributed by atoms with Crippen LogP contribution in [0.2, 0.25) is 0 Å². The van der Waals surface area contributed by atoms with E-state index < -0.39 is 12.8 Å². The highest BCUT2D eigenvalue weighted by molar-refractivity contribution is 4.84. The third kappa shape index (κ3) is 8.47. The maximum Gasteiger partial charge on any atom is 0.411 e. The number of rotatable bonds is 8. The van der Waals surface area contributed by atoms with Gasteiger partial charge >= 0.3 is 6.18 Å². The summed E-state index contributed by atoms with van der Waals surface area (Å²) in [6.45, 7) is 6.56. The minimum Gasteiger partial charge on any atom is -0.372 e. The number of hydrogen-bond acceptors (Lipinski definition) is 2. The molecule has 1 aliphatic rings. The molecular weight excluding hydrogens is 255 g/mol. The van der Waals surface area contributed by atoms with Gasteiger partial charge in [-0.3, -0.25) is 0 Å². The quantitative estimate of drug-likeness (QED) is 0.684. The Hall–Kier alpha value is -0.290. The summed E-state index contributed by atoms with van der Waals surface area (Å²) in [5.41, 5.74) is 0.173. The van der Waals surface area contributed by atoms with Gasteiger partial charge in [-0.2, -0.15) is 13.2 Å². The van der Waals surface area contributed by atoms with Crippen molar-refractivity contribution >= 4 is 0 Å². The van der Waals surface area contributed by atoms with Crippen LogP contribution in [-0.4, -0.2) is 32.0 Å². The fourth-order valence-corrected chi connectivity index (χ4v) is 2.06. The van der Waals surface area contributed by atoms with E-state index in [1.165, 1.54) is 12.8 Å². The molecule has 0 aromatic carbocycles. The fourth-order valence-electron chi connectivity index (χ4n) is 2.06. The van der Waals surface area contributed by atoms with Gasteiger partial charge in [-0.1, -0.05) is 20.8 Å². The molecule has 0 bridgehead atoms. The van der Waals surface area contributed by atoms with Gasteiger partial charge in [0.25, 0.3) is 0 Å². The molecule has 1 fully saturated rings. The molecule has 19 heavy (non-hydrogen) atoms. The molecule has 2 nitrogen and oxygen atoms in total. The highest BCUT2D eigenvalue weighted by Gasteiger charge is 2.29. The fraction of sp³-hybridized carbons (Fsp3) is 1.00. The number of hydrogen-bond donors (Lipinski definition) is 1. The van der Waals surface area contributed by atoms with Crippen molar-refractivity contribution in [1.82, 2.24) is 5.32 Å². The molecule has 1 N–H and O–H groups in total. The Balaban J connectivity index is 2.16. The van der Waals surface area contributed by atoms with Gasteiger partial charge in [0.05, 0.1) is 0 Å². The van der Waals surface area contributed by atoms with Gasteiger partial charge in [-0.15, -0.1) is 0 Å². The summed E-state index contributed by atoms with van der Waals surface area (Å²) in [4.78, 5) is 0. The van der Waals surface area contributed by atoms with Crippen LogP contribution in [0.25, 0.3) is 0 Å². The summed E-state index contributed by atoms with van der Waals surface area (Å²) in [5.74, 6) is 0.475. The topological polar surface area (TPSA) is 21.3 Å². The lowest BCUT2D eigenvalue weighted by molar-refractivity contribution is -0.174.